The number of aryl methyl sites for hydroxylation is 2. The summed E-state index contributed by atoms with van der Waals surface area (Å²) < 4.78 is 9.20. The number of nitrogens with zero attached hydrogens (tertiary/aromatic N) is 6. The Morgan fingerprint density at radius 3 is 2.58 bits per heavy atom. The monoisotopic (exact) mass is 436 g/mol. The molecule has 4 heterocycles. The van der Waals surface area contributed by atoms with Crippen LogP contribution in [0.5, 0.6) is 0 Å². The average molecular weight is 437 g/mol. The van der Waals surface area contributed by atoms with Crippen LogP contribution in [0.1, 0.15) is 40.9 Å². The Kier molecular flexibility index (Phi) is 6.03. The maximum atomic E-state index is 13.0. The van der Waals surface area contributed by atoms with Crippen LogP contribution in [0.15, 0.2) is 46.3 Å². The van der Waals surface area contributed by atoms with Crippen LogP contribution in [0.25, 0.3) is 17.2 Å². The zero-order chi connectivity index (χ0) is 22.0. The number of thioether (sulfide) groups is 1. The quantitative estimate of drug-likeness (QED) is 0.298. The van der Waals surface area contributed by atoms with Gasteiger partial charge in [0.2, 0.25) is 0 Å². The molecule has 0 unspecified atom stereocenters. The van der Waals surface area contributed by atoms with Gasteiger partial charge in [-0.25, -0.2) is 0 Å². The second-order valence-corrected chi connectivity index (χ2v) is 8.26. The second-order valence-electron chi connectivity index (χ2n) is 7.32. The molecular weight excluding hydrogens is 412 g/mol. The first-order chi connectivity index (χ1) is 15.0. The summed E-state index contributed by atoms with van der Waals surface area (Å²) in [5, 5.41) is 13.5. The lowest BCUT2D eigenvalue weighted by atomic mass is 10.2. The van der Waals surface area contributed by atoms with Crippen molar-refractivity contribution in [3.05, 3.63) is 59.4 Å². The summed E-state index contributed by atoms with van der Waals surface area (Å²) in [5.74, 6) is 2.52. The topological polar surface area (TPSA) is 91.6 Å². The molecule has 0 aliphatic carbocycles. The number of pyridine rings is 1. The van der Waals surface area contributed by atoms with E-state index in [1.54, 1.807) is 12.4 Å². The van der Waals surface area contributed by atoms with Crippen LogP contribution in [-0.4, -0.2) is 41.0 Å². The first-order valence-electron chi connectivity index (χ1n) is 10.1. The molecule has 0 aromatic carbocycles. The van der Waals surface area contributed by atoms with E-state index in [9.17, 15) is 4.79 Å². The Bertz CT molecular complexity index is 1210. The van der Waals surface area contributed by atoms with Gasteiger partial charge in [0.05, 0.1) is 5.75 Å². The molecule has 4 rings (SSSR count). The van der Waals surface area contributed by atoms with Gasteiger partial charge < -0.3 is 9.09 Å². The fraction of sp³-hybridized carbons (Fsp3) is 0.318. The number of hydrogen-bond donors (Lipinski definition) is 0. The van der Waals surface area contributed by atoms with E-state index in [1.165, 1.54) is 11.8 Å². The lowest BCUT2D eigenvalue weighted by Crippen LogP contribution is -2.07. The van der Waals surface area contributed by atoms with E-state index >= 15 is 0 Å². The minimum Gasteiger partial charge on any atom is -0.360 e. The van der Waals surface area contributed by atoms with E-state index in [0.29, 0.717) is 11.4 Å². The van der Waals surface area contributed by atoms with Crippen molar-refractivity contribution < 1.29 is 9.32 Å². The van der Waals surface area contributed by atoms with Crippen molar-refractivity contribution in [3.8, 4) is 17.2 Å². The van der Waals surface area contributed by atoms with Crippen LogP contribution in [0.2, 0.25) is 0 Å². The van der Waals surface area contributed by atoms with Gasteiger partial charge in [-0.3, -0.25) is 14.3 Å². The molecule has 31 heavy (non-hydrogen) atoms. The number of carbonyl (C=O) groups is 1. The summed E-state index contributed by atoms with van der Waals surface area (Å²) in [5.41, 5.74) is 3.43. The highest BCUT2D eigenvalue weighted by Crippen LogP contribution is 2.26. The summed E-state index contributed by atoms with van der Waals surface area (Å²) in [6.07, 6.45) is 4.42. The lowest BCUT2D eigenvalue weighted by Gasteiger charge is -2.08. The van der Waals surface area contributed by atoms with E-state index in [2.05, 4.69) is 31.8 Å². The number of rotatable bonds is 8. The Labute approximate surface area is 184 Å². The standard InChI is InChI=1S/C22H24N6O2S/c1-5-10-27-21(17-6-8-23-9-7-17)24-25-22(27)31-13-19(29)18-11-14(2)28(16(18)4)20-12-15(3)30-26-20/h6-9,11-12H,5,10,13H2,1-4H3. The van der Waals surface area contributed by atoms with Crippen LogP contribution in [0.3, 0.4) is 0 Å². The Morgan fingerprint density at radius 1 is 1.13 bits per heavy atom. The molecule has 0 aliphatic heterocycles. The number of ketones is 1. The number of carbonyl (C=O) groups excluding carboxylic acids is 1. The summed E-state index contributed by atoms with van der Waals surface area (Å²) >= 11 is 1.41. The normalized spacial score (nSPS) is 11.2. The van der Waals surface area contributed by atoms with Crippen molar-refractivity contribution in [2.45, 2.75) is 45.8 Å². The summed E-state index contributed by atoms with van der Waals surface area (Å²) in [4.78, 5) is 17.1. The highest BCUT2D eigenvalue weighted by Gasteiger charge is 2.20. The molecule has 0 saturated heterocycles. The zero-order valence-corrected chi connectivity index (χ0v) is 18.8. The summed E-state index contributed by atoms with van der Waals surface area (Å²) in [6, 6.07) is 7.59. The summed E-state index contributed by atoms with van der Waals surface area (Å²) in [7, 11) is 0. The highest BCUT2D eigenvalue weighted by molar-refractivity contribution is 7.99. The molecule has 160 valence electrons. The predicted octanol–water partition coefficient (Wildman–Crippen LogP) is 4.43. The van der Waals surface area contributed by atoms with Crippen LogP contribution < -0.4 is 0 Å². The van der Waals surface area contributed by atoms with E-state index in [-0.39, 0.29) is 11.5 Å². The molecule has 0 aliphatic rings. The first-order valence-corrected chi connectivity index (χ1v) is 11.1. The van der Waals surface area contributed by atoms with Gasteiger partial charge in [-0.2, -0.15) is 0 Å². The third-order valence-electron chi connectivity index (χ3n) is 5.01. The first kappa shape index (κ1) is 21.0. The summed E-state index contributed by atoms with van der Waals surface area (Å²) in [6.45, 7) is 8.62. The van der Waals surface area contributed by atoms with Crippen molar-refractivity contribution in [1.82, 2.24) is 29.5 Å². The molecule has 0 bridgehead atoms. The predicted molar refractivity (Wildman–Crippen MR) is 119 cm³/mol. The molecule has 4 aromatic rings. The Balaban J connectivity index is 1.55. The fourth-order valence-corrected chi connectivity index (χ4v) is 4.45. The van der Waals surface area contributed by atoms with Gasteiger partial charge in [-0.15, -0.1) is 10.2 Å². The SMILES string of the molecule is CCCn1c(SCC(=O)c2cc(C)n(-c3cc(C)on3)c2C)nnc1-c1ccncc1. The van der Waals surface area contributed by atoms with Gasteiger partial charge in [-0.1, -0.05) is 23.8 Å². The van der Waals surface area contributed by atoms with Crippen molar-refractivity contribution in [1.29, 1.82) is 0 Å². The van der Waals surface area contributed by atoms with Gasteiger partial charge in [0, 0.05) is 47.5 Å². The molecule has 0 N–H and O–H groups in total. The van der Waals surface area contributed by atoms with Crippen LogP contribution in [-0.2, 0) is 6.54 Å². The Hall–Kier alpha value is -3.20. The minimum atomic E-state index is 0.0427. The minimum absolute atomic E-state index is 0.0427. The second kappa shape index (κ2) is 8.89. The van der Waals surface area contributed by atoms with Gasteiger partial charge in [-0.05, 0) is 45.4 Å². The molecule has 0 amide bonds. The zero-order valence-electron chi connectivity index (χ0n) is 18.0. The third kappa shape index (κ3) is 4.18. The van der Waals surface area contributed by atoms with E-state index in [0.717, 1.165) is 46.7 Å². The molecule has 9 heteroatoms. The molecule has 0 radical (unpaired) electrons. The van der Waals surface area contributed by atoms with Crippen LogP contribution in [0.4, 0.5) is 0 Å². The Morgan fingerprint density at radius 2 is 1.90 bits per heavy atom. The third-order valence-corrected chi connectivity index (χ3v) is 5.98. The molecule has 4 aromatic heterocycles. The molecular formula is C22H24N6O2S. The number of Topliss-reactive ketones (excluding diaryl/α,β-unsaturated/α-hetero) is 1. The van der Waals surface area contributed by atoms with Crippen LogP contribution in [0, 0.1) is 20.8 Å². The number of aromatic nitrogens is 6. The molecule has 0 spiro atoms. The van der Waals surface area contributed by atoms with Crippen molar-refractivity contribution in [2.24, 2.45) is 0 Å². The van der Waals surface area contributed by atoms with Gasteiger partial charge in [0.1, 0.15) is 5.76 Å². The van der Waals surface area contributed by atoms with E-state index in [4.69, 9.17) is 4.52 Å². The maximum Gasteiger partial charge on any atom is 0.191 e. The van der Waals surface area contributed by atoms with Gasteiger partial charge in [0.15, 0.2) is 22.6 Å². The van der Waals surface area contributed by atoms with Gasteiger partial charge in [0.25, 0.3) is 0 Å². The molecule has 0 atom stereocenters. The van der Waals surface area contributed by atoms with E-state index in [1.807, 2.05) is 49.6 Å². The molecule has 0 fully saturated rings. The average Bonchev–Trinajstić information content (AvgIpc) is 3.44. The van der Waals surface area contributed by atoms with Crippen molar-refractivity contribution in [2.75, 3.05) is 5.75 Å². The highest BCUT2D eigenvalue weighted by atomic mass is 32.2. The lowest BCUT2D eigenvalue weighted by molar-refractivity contribution is 0.102. The largest absolute Gasteiger partial charge is 0.360 e. The van der Waals surface area contributed by atoms with Crippen molar-refractivity contribution >= 4 is 17.5 Å². The molecule has 8 nitrogen and oxygen atoms in total. The maximum absolute atomic E-state index is 13.0. The number of hydrogen-bond acceptors (Lipinski definition) is 7. The van der Waals surface area contributed by atoms with Crippen molar-refractivity contribution in [3.63, 3.8) is 0 Å². The molecule has 0 saturated carbocycles. The fourth-order valence-electron chi connectivity index (χ4n) is 3.60. The van der Waals surface area contributed by atoms with Gasteiger partial charge >= 0.3 is 0 Å². The van der Waals surface area contributed by atoms with E-state index < -0.39 is 0 Å². The van der Waals surface area contributed by atoms with Crippen LogP contribution >= 0.6 is 11.8 Å². The smallest absolute Gasteiger partial charge is 0.191 e.